The van der Waals surface area contributed by atoms with E-state index in [9.17, 15) is 9.59 Å². The number of hydrogen-bond donors (Lipinski definition) is 1. The van der Waals surface area contributed by atoms with Crippen LogP contribution < -0.4 is 5.32 Å². The van der Waals surface area contributed by atoms with E-state index in [4.69, 9.17) is 4.74 Å². The largest absolute Gasteiger partial charge is 0.464 e. The summed E-state index contributed by atoms with van der Waals surface area (Å²) < 4.78 is 11.5. The Morgan fingerprint density at radius 3 is 2.45 bits per heavy atom. The molecule has 1 aromatic heterocycles. The van der Waals surface area contributed by atoms with Gasteiger partial charge in [0.05, 0.1) is 13.3 Å². The van der Waals surface area contributed by atoms with Crippen molar-refractivity contribution in [2.75, 3.05) is 7.11 Å². The molecule has 0 unspecified atom stereocenters. The van der Waals surface area contributed by atoms with E-state index >= 15 is 0 Å². The predicted octanol–water partition coefficient (Wildman–Crippen LogP) is 2.50. The fraction of sp³-hybridized carbons (Fsp3) is 0.533. The maximum Gasteiger partial charge on any atom is 0.412 e. The van der Waals surface area contributed by atoms with Crippen LogP contribution in [-0.4, -0.2) is 34.6 Å². The van der Waals surface area contributed by atoms with Crippen molar-refractivity contribution < 1.29 is 19.1 Å². The van der Waals surface area contributed by atoms with E-state index in [1.165, 1.54) is 13.2 Å². The molecule has 0 aromatic carbocycles. The Hall–Kier alpha value is -2.31. The predicted molar refractivity (Wildman–Crippen MR) is 82.0 cm³/mol. The average Bonchev–Trinajstić information content (AvgIpc) is 2.83. The van der Waals surface area contributed by atoms with Gasteiger partial charge in [0.2, 0.25) is 0 Å². The summed E-state index contributed by atoms with van der Waals surface area (Å²) in [5.41, 5.74) is -0.00128. The highest BCUT2D eigenvalue weighted by Gasteiger charge is 2.20. The summed E-state index contributed by atoms with van der Waals surface area (Å²) in [5, 5.41) is 6.57. The van der Waals surface area contributed by atoms with E-state index in [0.717, 1.165) is 0 Å². The van der Waals surface area contributed by atoms with Crippen LogP contribution in [0.25, 0.3) is 6.08 Å². The molecule has 0 aliphatic heterocycles. The van der Waals surface area contributed by atoms with Gasteiger partial charge in [-0.2, -0.15) is 5.10 Å². The number of nitrogens with one attached hydrogen (secondary N) is 1. The van der Waals surface area contributed by atoms with E-state index in [1.807, 2.05) is 13.8 Å². The number of hydrogen-bond acceptors (Lipinski definition) is 5. The molecule has 22 heavy (non-hydrogen) atoms. The minimum absolute atomic E-state index is 0.0138. The first-order valence-electron chi connectivity index (χ1n) is 6.96. The third kappa shape index (κ3) is 5.59. The summed E-state index contributed by atoms with van der Waals surface area (Å²) in [6.07, 6.45) is 4.13. The SMILES string of the molecule is COC(=O)/C(=C\c1cnn(C(C)C)c1)NC(=O)OC(C)(C)C. The van der Waals surface area contributed by atoms with Gasteiger partial charge in [-0.15, -0.1) is 0 Å². The lowest BCUT2D eigenvalue weighted by Crippen LogP contribution is -2.34. The molecule has 7 nitrogen and oxygen atoms in total. The number of esters is 1. The summed E-state index contributed by atoms with van der Waals surface area (Å²) in [6.45, 7) is 9.18. The molecule has 0 spiro atoms. The van der Waals surface area contributed by atoms with Crippen molar-refractivity contribution in [1.82, 2.24) is 15.1 Å². The molecule has 1 aromatic rings. The lowest BCUT2D eigenvalue weighted by atomic mass is 10.2. The Kier molecular flexibility index (Phi) is 5.73. The smallest absolute Gasteiger partial charge is 0.412 e. The molecule has 0 aliphatic rings. The van der Waals surface area contributed by atoms with Crippen molar-refractivity contribution in [2.24, 2.45) is 0 Å². The van der Waals surface area contributed by atoms with E-state index in [1.54, 1.807) is 37.8 Å². The normalized spacial score (nSPS) is 12.2. The van der Waals surface area contributed by atoms with Gasteiger partial charge < -0.3 is 9.47 Å². The number of ether oxygens (including phenoxy) is 2. The van der Waals surface area contributed by atoms with Gasteiger partial charge in [0.15, 0.2) is 0 Å². The van der Waals surface area contributed by atoms with Crippen LogP contribution in [0, 0.1) is 0 Å². The van der Waals surface area contributed by atoms with Gasteiger partial charge in [-0.25, -0.2) is 9.59 Å². The number of aromatic nitrogens is 2. The van der Waals surface area contributed by atoms with Gasteiger partial charge in [0.1, 0.15) is 11.3 Å². The van der Waals surface area contributed by atoms with Crippen LogP contribution in [0.15, 0.2) is 18.1 Å². The highest BCUT2D eigenvalue weighted by Crippen LogP contribution is 2.11. The molecule has 0 saturated heterocycles. The van der Waals surface area contributed by atoms with Gasteiger partial charge in [-0.1, -0.05) is 0 Å². The quantitative estimate of drug-likeness (QED) is 0.682. The molecular weight excluding hydrogens is 286 g/mol. The molecule has 0 aliphatic carbocycles. The molecule has 1 amide bonds. The van der Waals surface area contributed by atoms with Crippen LogP contribution in [-0.2, 0) is 14.3 Å². The first kappa shape index (κ1) is 17.7. The second-order valence-electron chi connectivity index (χ2n) is 6.02. The second-order valence-corrected chi connectivity index (χ2v) is 6.02. The molecule has 0 fully saturated rings. The fourth-order valence-corrected chi connectivity index (χ4v) is 1.55. The lowest BCUT2D eigenvalue weighted by Gasteiger charge is -2.20. The number of carbonyl (C=O) groups excluding carboxylic acids is 2. The standard InChI is InChI=1S/C15H23N3O4/c1-10(2)18-9-11(8-16-18)7-12(13(19)21-6)17-14(20)22-15(3,4)5/h7-10H,1-6H3,(H,17,20)/b12-7+. The summed E-state index contributed by atoms with van der Waals surface area (Å²) in [7, 11) is 1.24. The first-order chi connectivity index (χ1) is 10.1. The van der Waals surface area contributed by atoms with Crippen molar-refractivity contribution in [1.29, 1.82) is 0 Å². The third-order valence-electron chi connectivity index (χ3n) is 2.50. The van der Waals surface area contributed by atoms with Gasteiger partial charge in [0, 0.05) is 17.8 Å². The molecule has 122 valence electrons. The van der Waals surface area contributed by atoms with Crippen LogP contribution in [0.5, 0.6) is 0 Å². The third-order valence-corrected chi connectivity index (χ3v) is 2.50. The molecule has 0 saturated carbocycles. The number of nitrogens with zero attached hydrogens (tertiary/aromatic N) is 2. The van der Waals surface area contributed by atoms with E-state index in [2.05, 4.69) is 15.2 Å². The van der Waals surface area contributed by atoms with Gasteiger partial charge in [0.25, 0.3) is 0 Å². The molecular formula is C15H23N3O4. The van der Waals surface area contributed by atoms with Gasteiger partial charge in [-0.05, 0) is 40.7 Å². The second kappa shape index (κ2) is 7.11. The van der Waals surface area contributed by atoms with Crippen molar-refractivity contribution in [3.05, 3.63) is 23.7 Å². The van der Waals surface area contributed by atoms with Crippen molar-refractivity contribution in [2.45, 2.75) is 46.3 Å². The van der Waals surface area contributed by atoms with E-state index in [-0.39, 0.29) is 11.7 Å². The van der Waals surface area contributed by atoms with Crippen LogP contribution in [0.1, 0.15) is 46.2 Å². The highest BCUT2D eigenvalue weighted by atomic mass is 16.6. The summed E-state index contributed by atoms with van der Waals surface area (Å²) in [6, 6.07) is 0.197. The minimum Gasteiger partial charge on any atom is -0.464 e. The maximum absolute atomic E-state index is 11.8. The Balaban J connectivity index is 2.94. The number of amides is 1. The van der Waals surface area contributed by atoms with E-state index < -0.39 is 17.7 Å². The zero-order valence-corrected chi connectivity index (χ0v) is 13.8. The van der Waals surface area contributed by atoms with Crippen LogP contribution in [0.4, 0.5) is 4.79 Å². The number of methoxy groups -OCH3 is 1. The average molecular weight is 309 g/mol. The van der Waals surface area contributed by atoms with Crippen molar-refractivity contribution in [3.8, 4) is 0 Å². The maximum atomic E-state index is 11.8. The molecule has 1 rings (SSSR count). The molecule has 0 radical (unpaired) electrons. The fourth-order valence-electron chi connectivity index (χ4n) is 1.55. The number of alkyl carbamates (subject to hydrolysis) is 1. The van der Waals surface area contributed by atoms with Crippen molar-refractivity contribution in [3.63, 3.8) is 0 Å². The summed E-state index contributed by atoms with van der Waals surface area (Å²) >= 11 is 0. The van der Waals surface area contributed by atoms with Gasteiger partial charge >= 0.3 is 12.1 Å². The summed E-state index contributed by atoms with van der Waals surface area (Å²) in [4.78, 5) is 23.6. The van der Waals surface area contributed by atoms with E-state index in [0.29, 0.717) is 5.56 Å². The molecule has 1 N–H and O–H groups in total. The van der Waals surface area contributed by atoms with Crippen molar-refractivity contribution >= 4 is 18.1 Å². The Morgan fingerprint density at radius 1 is 1.36 bits per heavy atom. The van der Waals surface area contributed by atoms with Crippen LogP contribution in [0.3, 0.4) is 0 Å². The minimum atomic E-state index is -0.722. The van der Waals surface area contributed by atoms with Crippen LogP contribution in [0.2, 0.25) is 0 Å². The Labute approximate surface area is 130 Å². The summed E-state index contributed by atoms with van der Waals surface area (Å²) in [5.74, 6) is -0.664. The lowest BCUT2D eigenvalue weighted by molar-refractivity contribution is -0.136. The Bertz CT molecular complexity index is 568. The number of carbonyl (C=O) groups is 2. The zero-order valence-electron chi connectivity index (χ0n) is 13.8. The highest BCUT2D eigenvalue weighted by molar-refractivity contribution is 5.96. The monoisotopic (exact) mass is 309 g/mol. The molecule has 1 heterocycles. The number of rotatable bonds is 4. The first-order valence-corrected chi connectivity index (χ1v) is 6.96. The molecule has 0 atom stereocenters. The van der Waals surface area contributed by atoms with Gasteiger partial charge in [-0.3, -0.25) is 10.00 Å². The molecule has 0 bridgehead atoms. The zero-order chi connectivity index (χ0) is 16.9. The van der Waals surface area contributed by atoms with Crippen LogP contribution >= 0.6 is 0 Å². The Morgan fingerprint density at radius 2 is 2.00 bits per heavy atom. The molecule has 7 heteroatoms. The topological polar surface area (TPSA) is 82.5 Å².